The molecule has 5 atom stereocenters. The molecular formula is C40H32O9S. The average Bonchev–Trinajstić information content (AvgIpc) is 3.17. The van der Waals surface area contributed by atoms with Gasteiger partial charge < -0.3 is 23.7 Å². The summed E-state index contributed by atoms with van der Waals surface area (Å²) >= 11 is 1.22. The van der Waals surface area contributed by atoms with Crippen molar-refractivity contribution in [3.8, 4) is 0 Å². The Labute approximate surface area is 293 Å². The Balaban J connectivity index is 1.41. The summed E-state index contributed by atoms with van der Waals surface area (Å²) in [6.07, 6.45) is -5.24. The van der Waals surface area contributed by atoms with E-state index in [4.69, 9.17) is 23.7 Å². The Morgan fingerprint density at radius 3 is 1.26 bits per heavy atom. The van der Waals surface area contributed by atoms with Gasteiger partial charge in [-0.15, -0.1) is 0 Å². The Bertz CT molecular complexity index is 1870. The summed E-state index contributed by atoms with van der Waals surface area (Å²) in [6, 6.07) is 42.5. The molecule has 0 aromatic heterocycles. The van der Waals surface area contributed by atoms with Crippen molar-refractivity contribution in [3.63, 3.8) is 0 Å². The van der Waals surface area contributed by atoms with E-state index in [9.17, 15) is 19.2 Å². The van der Waals surface area contributed by atoms with Crippen LogP contribution in [0.2, 0.25) is 0 Å². The van der Waals surface area contributed by atoms with Crippen LogP contribution in [0.1, 0.15) is 41.4 Å². The quantitative estimate of drug-likeness (QED) is 0.106. The zero-order chi connectivity index (χ0) is 34.7. The maximum Gasteiger partial charge on any atom is 0.338 e. The van der Waals surface area contributed by atoms with Crippen LogP contribution in [0.5, 0.6) is 0 Å². The fourth-order valence-corrected chi connectivity index (χ4v) is 6.38. The highest BCUT2D eigenvalue weighted by Crippen LogP contribution is 2.38. The lowest BCUT2D eigenvalue weighted by Crippen LogP contribution is -2.61. The van der Waals surface area contributed by atoms with Crippen LogP contribution < -0.4 is 0 Å². The first-order chi connectivity index (χ1) is 24.5. The molecule has 0 bridgehead atoms. The van der Waals surface area contributed by atoms with Crippen LogP contribution in [0.3, 0.4) is 0 Å². The second-order valence-corrected chi connectivity index (χ2v) is 12.3. The Kier molecular flexibility index (Phi) is 11.3. The molecule has 9 nitrogen and oxygen atoms in total. The van der Waals surface area contributed by atoms with Crippen LogP contribution in [0, 0.1) is 0 Å². The van der Waals surface area contributed by atoms with Crippen LogP contribution in [-0.2, 0) is 23.7 Å². The van der Waals surface area contributed by atoms with Crippen molar-refractivity contribution in [1.82, 2.24) is 0 Å². The fraction of sp³-hybridized carbons (Fsp3) is 0.150. The van der Waals surface area contributed by atoms with Crippen molar-refractivity contribution in [2.45, 2.75) is 34.7 Å². The van der Waals surface area contributed by atoms with Crippen LogP contribution >= 0.6 is 11.8 Å². The molecule has 0 radical (unpaired) electrons. The molecule has 5 aromatic carbocycles. The highest BCUT2D eigenvalue weighted by Gasteiger charge is 2.53. The van der Waals surface area contributed by atoms with Crippen molar-refractivity contribution in [1.29, 1.82) is 0 Å². The van der Waals surface area contributed by atoms with Gasteiger partial charge in [0.05, 0.1) is 22.3 Å². The summed E-state index contributed by atoms with van der Waals surface area (Å²) in [5.41, 5.74) is -0.0106. The largest absolute Gasteiger partial charge is 0.459 e. The van der Waals surface area contributed by atoms with E-state index in [-0.39, 0.29) is 23.3 Å². The van der Waals surface area contributed by atoms with Crippen molar-refractivity contribution < 1.29 is 42.9 Å². The van der Waals surface area contributed by atoms with E-state index in [0.717, 1.165) is 4.90 Å². The molecular weight excluding hydrogens is 656 g/mol. The van der Waals surface area contributed by atoms with Crippen LogP contribution in [0.4, 0.5) is 0 Å². The number of rotatable bonds is 11. The van der Waals surface area contributed by atoms with Gasteiger partial charge in [-0.2, -0.15) is 0 Å². The van der Waals surface area contributed by atoms with Gasteiger partial charge >= 0.3 is 23.9 Å². The molecule has 1 aliphatic rings. The summed E-state index contributed by atoms with van der Waals surface area (Å²) in [7, 11) is 0. The van der Waals surface area contributed by atoms with E-state index in [1.165, 1.54) is 11.8 Å². The van der Waals surface area contributed by atoms with E-state index in [1.54, 1.807) is 121 Å². The third kappa shape index (κ3) is 8.65. The summed E-state index contributed by atoms with van der Waals surface area (Å²) in [5, 5.41) is 0. The molecule has 0 unspecified atom stereocenters. The molecule has 0 saturated carbocycles. The summed E-state index contributed by atoms with van der Waals surface area (Å²) in [6.45, 7) is -0.384. The van der Waals surface area contributed by atoms with E-state index >= 15 is 0 Å². The molecule has 1 fully saturated rings. The lowest BCUT2D eigenvalue weighted by atomic mass is 9.98. The molecule has 5 aromatic rings. The van der Waals surface area contributed by atoms with E-state index in [0.29, 0.717) is 5.56 Å². The molecule has 0 amide bonds. The number of carbonyl (C=O) groups is 4. The van der Waals surface area contributed by atoms with Gasteiger partial charge in [-0.3, -0.25) is 0 Å². The molecule has 50 heavy (non-hydrogen) atoms. The lowest BCUT2D eigenvalue weighted by molar-refractivity contribution is -0.207. The molecule has 252 valence electrons. The van der Waals surface area contributed by atoms with Gasteiger partial charge in [0.1, 0.15) is 18.1 Å². The minimum Gasteiger partial charge on any atom is -0.459 e. The summed E-state index contributed by atoms with van der Waals surface area (Å²) < 4.78 is 30.5. The summed E-state index contributed by atoms with van der Waals surface area (Å²) in [5.74, 6) is -2.84. The molecule has 1 saturated heterocycles. The van der Waals surface area contributed by atoms with E-state index in [1.807, 2.05) is 30.3 Å². The maximum absolute atomic E-state index is 13.7. The molecule has 10 heteroatoms. The van der Waals surface area contributed by atoms with Gasteiger partial charge in [-0.05, 0) is 60.7 Å². The first-order valence-corrected chi connectivity index (χ1v) is 16.7. The molecule has 1 heterocycles. The number of esters is 4. The maximum atomic E-state index is 13.7. The third-order valence-electron chi connectivity index (χ3n) is 7.73. The molecule has 0 spiro atoms. The lowest BCUT2D eigenvalue weighted by Gasteiger charge is -2.44. The number of hydrogen-bond donors (Lipinski definition) is 0. The van der Waals surface area contributed by atoms with Crippen molar-refractivity contribution in [2.75, 3.05) is 6.61 Å². The first kappa shape index (κ1) is 34.2. The molecule has 6 rings (SSSR count). The van der Waals surface area contributed by atoms with E-state index < -0.39 is 53.7 Å². The van der Waals surface area contributed by atoms with E-state index in [2.05, 4.69) is 0 Å². The van der Waals surface area contributed by atoms with Gasteiger partial charge in [-0.25, -0.2) is 19.2 Å². The number of thioether (sulfide) groups is 1. The third-order valence-corrected chi connectivity index (χ3v) is 8.89. The van der Waals surface area contributed by atoms with Gasteiger partial charge in [0, 0.05) is 4.90 Å². The Hall–Kier alpha value is -5.71. The number of hydrogen-bond acceptors (Lipinski definition) is 10. The zero-order valence-electron chi connectivity index (χ0n) is 26.6. The molecule has 0 N–H and O–H groups in total. The van der Waals surface area contributed by atoms with Crippen molar-refractivity contribution in [3.05, 3.63) is 174 Å². The minimum absolute atomic E-state index is 0.222. The van der Waals surface area contributed by atoms with Crippen LogP contribution in [-0.4, -0.2) is 60.3 Å². The van der Waals surface area contributed by atoms with Gasteiger partial charge in [0.25, 0.3) is 0 Å². The van der Waals surface area contributed by atoms with Crippen molar-refractivity contribution in [2.24, 2.45) is 0 Å². The van der Waals surface area contributed by atoms with Gasteiger partial charge in [0.2, 0.25) is 0 Å². The van der Waals surface area contributed by atoms with Crippen LogP contribution in [0.15, 0.2) is 157 Å². The highest BCUT2D eigenvalue weighted by molar-refractivity contribution is 7.99. The fourth-order valence-electron chi connectivity index (χ4n) is 5.26. The SMILES string of the molecule is O=C(OC[C@H]1O[C@H](Sc2ccccc2)[C@@H](OC(=O)c2ccccc2)[C@@H](OC(=O)c2ccccc2)[C@@H]1OC(=O)c1ccccc1)c1ccccc1. The average molecular weight is 689 g/mol. The minimum atomic E-state index is -1.40. The Morgan fingerprint density at radius 1 is 0.460 bits per heavy atom. The number of carbonyl (C=O) groups excluding carboxylic acids is 4. The second kappa shape index (κ2) is 16.6. The molecule has 1 aliphatic heterocycles. The predicted octanol–water partition coefficient (Wildman–Crippen LogP) is 7.04. The highest BCUT2D eigenvalue weighted by atomic mass is 32.2. The normalized spacial score (nSPS) is 19.8. The second-order valence-electron chi connectivity index (χ2n) is 11.1. The summed E-state index contributed by atoms with van der Waals surface area (Å²) in [4.78, 5) is 54.7. The smallest absolute Gasteiger partial charge is 0.338 e. The van der Waals surface area contributed by atoms with Crippen LogP contribution in [0.25, 0.3) is 0 Å². The number of ether oxygens (including phenoxy) is 5. The standard InChI is InChI=1S/C40H32O9S/c41-36(27-16-6-1-7-17-27)45-26-32-33(47-37(42)28-18-8-2-9-19-28)34(48-38(43)29-20-10-3-11-21-29)35(49-39(44)30-22-12-4-13-23-30)40(46-32)50-31-24-14-5-15-25-31/h1-25,32-35,40H,26H2/t32-,33-,34+,35+,40-/m1/s1. The monoisotopic (exact) mass is 688 g/mol. The van der Waals surface area contributed by atoms with Crippen molar-refractivity contribution >= 4 is 35.6 Å². The zero-order valence-corrected chi connectivity index (χ0v) is 27.4. The Morgan fingerprint density at radius 2 is 0.820 bits per heavy atom. The molecule has 0 aliphatic carbocycles. The topological polar surface area (TPSA) is 114 Å². The predicted molar refractivity (Wildman–Crippen MR) is 185 cm³/mol. The van der Waals surface area contributed by atoms with Gasteiger partial charge in [-0.1, -0.05) is 103 Å². The number of benzene rings is 5. The first-order valence-electron chi connectivity index (χ1n) is 15.8. The van der Waals surface area contributed by atoms with Gasteiger partial charge in [0.15, 0.2) is 18.3 Å².